The van der Waals surface area contributed by atoms with E-state index in [0.29, 0.717) is 0 Å². The second-order valence-electron chi connectivity index (χ2n) is 25.1. The topological polar surface area (TPSA) is 650 Å². The van der Waals surface area contributed by atoms with E-state index in [0.717, 1.165) is 0 Å². The van der Waals surface area contributed by atoms with E-state index >= 15 is 0 Å². The van der Waals surface area contributed by atoms with Crippen LogP contribution in [0, 0.1) is 0 Å². The Kier molecular flexibility index (Phi) is 102. The molecule has 10 N–H and O–H groups in total. The Morgan fingerprint density at radius 2 is 0.307 bits per heavy atom. The zero-order valence-corrected chi connectivity index (χ0v) is 76.5. The van der Waals surface area contributed by atoms with Crippen LogP contribution in [0.2, 0.25) is 0 Å². The number of aliphatic hydroxyl groups is 10. The van der Waals surface area contributed by atoms with Gasteiger partial charge in [0.2, 0.25) is 0 Å². The summed E-state index contributed by atoms with van der Waals surface area (Å²) in [7, 11) is 0. The van der Waals surface area contributed by atoms with Crippen molar-refractivity contribution in [2.45, 2.75) is 197 Å². The second-order valence-corrected chi connectivity index (χ2v) is 25.1. The van der Waals surface area contributed by atoms with E-state index in [9.17, 15) is 47.9 Å². The Labute approximate surface area is 741 Å². The third-order valence-corrected chi connectivity index (χ3v) is 11.8. The number of carbonyl (C=O) groups is 10. The molecule has 0 radical (unpaired) electrons. The Balaban J connectivity index is -0.000000281. The zero-order chi connectivity index (χ0) is 97.7. The summed E-state index contributed by atoms with van der Waals surface area (Å²) in [5, 5.41) is 87.5. The number of carbonyl (C=O) groups excluding carboxylic acids is 10. The first-order valence-corrected chi connectivity index (χ1v) is 40.9. The lowest BCUT2D eigenvalue weighted by molar-refractivity contribution is -0.0443. The molecule has 0 saturated carbocycles. The SMILES string of the molecule is CC.CC.CC(COCCOC(=O)OCCO)OCCOC(=O)OCCO.CC(COCCOCC(C)OC(=O)OCCO)OC(=O)OCCO.CC(O)COC(=O)OC(C)COCCOCC(C)OC(=O)OCC(C)O.CC(O)COC(=O)OCCOCC(C)OCCOC(=O)OCC(C)O.CC(O)COC(=O)OCCOCC(C)OCCOC(=O)OCC(C)O. The molecule has 0 aromatic rings. The Morgan fingerprint density at radius 3 is 0.488 bits per heavy atom. The van der Waals surface area contributed by atoms with Gasteiger partial charge in [0.1, 0.15) is 130 Å². The minimum Gasteiger partial charge on any atom is -0.432 e. The Hall–Kier alpha value is -8.10. The zero-order valence-electron chi connectivity index (χ0n) is 76.5. The van der Waals surface area contributed by atoms with Gasteiger partial charge in [-0.25, -0.2) is 47.9 Å². The maximum atomic E-state index is 11.2. The molecular formula is C77H148O50. The van der Waals surface area contributed by atoms with Crippen LogP contribution < -0.4 is 0 Å². The highest BCUT2D eigenvalue weighted by Gasteiger charge is 2.19. The minimum atomic E-state index is -0.869. The highest BCUT2D eigenvalue weighted by Crippen LogP contribution is 2.05. The summed E-state index contributed by atoms with van der Waals surface area (Å²) in [5.41, 5.74) is 0. The van der Waals surface area contributed by atoms with Gasteiger partial charge in [0.05, 0.1) is 194 Å². The number of rotatable bonds is 65. The largest absolute Gasteiger partial charge is 0.508 e. The lowest BCUT2D eigenvalue weighted by Gasteiger charge is -2.15. The first-order chi connectivity index (χ1) is 60.4. The molecule has 50 nitrogen and oxygen atoms in total. The van der Waals surface area contributed by atoms with E-state index in [2.05, 4.69) is 56.8 Å². The monoisotopic (exact) mass is 1870 g/mol. The average Bonchev–Trinajstić information content (AvgIpc) is 0.994. The molecule has 0 saturated heterocycles. The quantitative estimate of drug-likeness (QED) is 0.0236. The number of ether oxygens (including phenoxy) is 30. The molecule has 0 heterocycles. The molecule has 0 aromatic carbocycles. The normalized spacial score (nSPS) is 13.4. The van der Waals surface area contributed by atoms with Crippen molar-refractivity contribution in [3.05, 3.63) is 0 Å². The first-order valence-electron chi connectivity index (χ1n) is 40.9. The van der Waals surface area contributed by atoms with Crippen molar-refractivity contribution in [1.82, 2.24) is 0 Å². The van der Waals surface area contributed by atoms with E-state index in [4.69, 9.17) is 136 Å². The summed E-state index contributed by atoms with van der Waals surface area (Å²) in [6, 6.07) is 0. The molecule has 0 rings (SSSR count). The lowest BCUT2D eigenvalue weighted by atomic mass is 10.4. The fourth-order valence-corrected chi connectivity index (χ4v) is 6.63. The molecule has 0 aliphatic carbocycles. The molecule has 756 valence electrons. The smallest absolute Gasteiger partial charge is 0.432 e. The fraction of sp³-hybridized carbons (Fsp3) is 0.870. The maximum Gasteiger partial charge on any atom is 0.508 e. The summed E-state index contributed by atoms with van der Waals surface area (Å²) in [6.45, 7) is 30.1. The van der Waals surface area contributed by atoms with E-state index in [-0.39, 0.29) is 263 Å². The summed E-state index contributed by atoms with van der Waals surface area (Å²) in [6.07, 6.45) is -15.9. The standard InChI is InChI=1S/C16H30O10.2C15H28O10.C14H26O10.C13H24O10.2C2H6/c1-11(17)7-23-15(19)25-13(3)9-21-5-6-22-10-14(4)26-16(20)24-8-12(2)18;2*1-11(16)8-24-14(18)22-5-4-20-10-13(3)21-6-7-23-15(19)25-9-12(2)17;1-11(23-13(17)21-5-3-15)9-19-7-8-20-10-12(2)24-14(18)22-6-4-16;1-11(19-8-9-23-13(17)21-5-3-15)10-18-6-7-22-12(16)20-4-2-14;2*1-2/h11-14,17-18H,5-10H2,1-4H3;2*11-13,16-17H,4-10H2,1-3H3;11-12,15-16H,3-10H2,1-2H3;11,14-15H,2-10H2,1H3;2*1-2H3. The van der Waals surface area contributed by atoms with Crippen LogP contribution in [0.15, 0.2) is 0 Å². The average molecular weight is 1870 g/mol. The van der Waals surface area contributed by atoms with Crippen LogP contribution in [0.3, 0.4) is 0 Å². The van der Waals surface area contributed by atoms with Crippen LogP contribution in [-0.4, -0.2) is 436 Å². The second kappa shape index (κ2) is 98.5. The van der Waals surface area contributed by atoms with E-state index in [1.165, 1.54) is 41.5 Å². The molecule has 50 heteroatoms. The van der Waals surface area contributed by atoms with Gasteiger partial charge in [-0.05, 0) is 90.0 Å². The summed E-state index contributed by atoms with van der Waals surface area (Å²) < 4.78 is 146. The Morgan fingerprint density at radius 1 is 0.173 bits per heavy atom. The number of hydrogen-bond acceptors (Lipinski definition) is 50. The van der Waals surface area contributed by atoms with E-state index in [1.807, 2.05) is 27.7 Å². The van der Waals surface area contributed by atoms with Gasteiger partial charge in [0, 0.05) is 0 Å². The third kappa shape index (κ3) is 116. The van der Waals surface area contributed by atoms with Crippen LogP contribution in [-0.2, 0) is 142 Å². The lowest BCUT2D eigenvalue weighted by Crippen LogP contribution is -2.25. The van der Waals surface area contributed by atoms with Crippen molar-refractivity contribution in [3.8, 4) is 0 Å². The summed E-state index contributed by atoms with van der Waals surface area (Å²) in [4.78, 5) is 111. The van der Waals surface area contributed by atoms with Crippen LogP contribution in [0.1, 0.15) is 118 Å². The number of hydrogen-bond donors (Lipinski definition) is 10. The molecule has 0 fully saturated rings. The predicted octanol–water partition coefficient (Wildman–Crippen LogP) is 3.66. The van der Waals surface area contributed by atoms with Gasteiger partial charge in [0.15, 0.2) is 0 Å². The van der Waals surface area contributed by atoms with Crippen molar-refractivity contribution < 1.29 is 241 Å². The van der Waals surface area contributed by atoms with Crippen LogP contribution >= 0.6 is 0 Å². The molecule has 127 heavy (non-hydrogen) atoms. The molecular weight excluding hydrogens is 1720 g/mol. The summed E-state index contributed by atoms with van der Waals surface area (Å²) >= 11 is 0. The summed E-state index contributed by atoms with van der Waals surface area (Å²) in [5.74, 6) is 0. The van der Waals surface area contributed by atoms with Crippen LogP contribution in [0.4, 0.5) is 47.9 Å². The molecule has 13 unspecified atom stereocenters. The highest BCUT2D eigenvalue weighted by atomic mass is 16.8. The van der Waals surface area contributed by atoms with Crippen molar-refractivity contribution >= 4 is 61.6 Å². The van der Waals surface area contributed by atoms with Crippen molar-refractivity contribution in [2.75, 3.05) is 244 Å². The van der Waals surface area contributed by atoms with E-state index < -0.39 is 123 Å². The van der Waals surface area contributed by atoms with Crippen LogP contribution in [0.25, 0.3) is 0 Å². The molecule has 0 amide bonds. The van der Waals surface area contributed by atoms with Gasteiger partial charge in [-0.1, -0.05) is 27.7 Å². The number of aliphatic hydroxyl groups excluding tert-OH is 10. The molecule has 0 aliphatic heterocycles. The van der Waals surface area contributed by atoms with Crippen molar-refractivity contribution in [1.29, 1.82) is 0 Å². The van der Waals surface area contributed by atoms with E-state index in [1.54, 1.807) is 48.5 Å². The third-order valence-electron chi connectivity index (χ3n) is 11.8. The molecule has 0 aromatic heterocycles. The van der Waals surface area contributed by atoms with Gasteiger partial charge < -0.3 is 193 Å². The van der Waals surface area contributed by atoms with Gasteiger partial charge in [0.25, 0.3) is 0 Å². The van der Waals surface area contributed by atoms with Gasteiger partial charge in [-0.2, -0.15) is 0 Å². The van der Waals surface area contributed by atoms with Gasteiger partial charge in [-0.15, -0.1) is 0 Å². The fourth-order valence-electron chi connectivity index (χ4n) is 6.63. The minimum absolute atomic E-state index is 0.0151. The van der Waals surface area contributed by atoms with Crippen LogP contribution in [0.5, 0.6) is 0 Å². The van der Waals surface area contributed by atoms with Gasteiger partial charge in [-0.3, -0.25) is 0 Å². The molecule has 13 atom stereocenters. The maximum absolute atomic E-state index is 11.2. The molecule has 0 aliphatic rings. The predicted molar refractivity (Wildman–Crippen MR) is 434 cm³/mol. The Bertz CT molecular complexity index is 2380. The molecule has 0 spiro atoms. The van der Waals surface area contributed by atoms with Crippen molar-refractivity contribution in [3.63, 3.8) is 0 Å². The first kappa shape index (κ1) is 132. The highest BCUT2D eigenvalue weighted by molar-refractivity contribution is 5.63. The molecule has 0 bridgehead atoms. The van der Waals surface area contributed by atoms with Gasteiger partial charge >= 0.3 is 61.6 Å². The van der Waals surface area contributed by atoms with Crippen molar-refractivity contribution in [2.24, 2.45) is 0 Å².